The molecule has 1 aliphatic heterocycles. The fourth-order valence-corrected chi connectivity index (χ4v) is 3.12. The van der Waals surface area contributed by atoms with E-state index in [1.165, 1.54) is 48.8 Å². The summed E-state index contributed by atoms with van der Waals surface area (Å²) >= 11 is 0. The van der Waals surface area contributed by atoms with E-state index in [0.717, 1.165) is 13.0 Å². The molecule has 1 aliphatic rings. The number of hydrogen-bond acceptors (Lipinski definition) is 2. The van der Waals surface area contributed by atoms with E-state index in [1.807, 2.05) is 0 Å². The average Bonchev–Trinajstić information content (AvgIpc) is 2.83. The number of hydrogen-bond donors (Lipinski definition) is 2. The van der Waals surface area contributed by atoms with E-state index >= 15 is 0 Å². The maximum absolute atomic E-state index is 6.33. The molecule has 0 spiro atoms. The number of para-hydroxylation sites is 1. The van der Waals surface area contributed by atoms with Crippen LogP contribution in [0.5, 0.6) is 0 Å². The van der Waals surface area contributed by atoms with Gasteiger partial charge in [-0.25, -0.2) is 0 Å². The predicted molar refractivity (Wildman–Crippen MR) is 80.3 cm³/mol. The zero-order chi connectivity index (χ0) is 13.1. The minimum absolute atomic E-state index is 0.234. The number of piperidine rings is 1. The van der Waals surface area contributed by atoms with Crippen LogP contribution in [0.25, 0.3) is 10.9 Å². The Balaban J connectivity index is 1.63. The van der Waals surface area contributed by atoms with Gasteiger partial charge < -0.3 is 15.6 Å². The predicted octanol–water partition coefficient (Wildman–Crippen LogP) is 2.52. The minimum Gasteiger partial charge on any atom is -0.361 e. The third kappa shape index (κ3) is 2.99. The molecule has 0 amide bonds. The molecule has 0 bridgehead atoms. The maximum atomic E-state index is 6.33. The number of nitrogens with one attached hydrogen (secondary N) is 1. The molecule has 3 nitrogen and oxygen atoms in total. The Morgan fingerprint density at radius 1 is 1.16 bits per heavy atom. The smallest absolute Gasteiger partial charge is 0.0456 e. The third-order valence-corrected chi connectivity index (χ3v) is 4.10. The van der Waals surface area contributed by atoms with Crippen molar-refractivity contribution in [1.82, 2.24) is 9.88 Å². The van der Waals surface area contributed by atoms with Crippen LogP contribution in [0.15, 0.2) is 30.5 Å². The molecular formula is C16H23N3. The molecule has 1 aromatic carbocycles. The molecule has 1 atom stereocenters. The SMILES string of the molecule is N[C@@H](Cc1c[nH]c2ccccc12)CN1CCCCC1. The standard InChI is InChI=1S/C16H23N3/c17-14(12-19-8-4-1-5-9-19)10-13-11-18-16-7-3-2-6-15(13)16/h2-3,6-7,11,14,18H,1,4-5,8-10,12,17H2/t14-/m0/s1. The van der Waals surface area contributed by atoms with Crippen LogP contribution in [-0.4, -0.2) is 35.6 Å². The first kappa shape index (κ1) is 12.7. The first-order chi connectivity index (χ1) is 9.33. The van der Waals surface area contributed by atoms with Gasteiger partial charge in [0.05, 0.1) is 0 Å². The fraction of sp³-hybridized carbons (Fsp3) is 0.500. The van der Waals surface area contributed by atoms with Gasteiger partial charge in [-0.2, -0.15) is 0 Å². The normalized spacial score (nSPS) is 18.8. The van der Waals surface area contributed by atoms with E-state index in [4.69, 9.17) is 5.73 Å². The van der Waals surface area contributed by atoms with Gasteiger partial charge in [0.2, 0.25) is 0 Å². The zero-order valence-corrected chi connectivity index (χ0v) is 11.4. The van der Waals surface area contributed by atoms with Crippen LogP contribution in [0, 0.1) is 0 Å². The molecule has 1 aromatic heterocycles. The van der Waals surface area contributed by atoms with Gasteiger partial charge in [0, 0.05) is 29.7 Å². The molecule has 0 unspecified atom stereocenters. The number of fused-ring (bicyclic) bond motifs is 1. The largest absolute Gasteiger partial charge is 0.361 e. The third-order valence-electron chi connectivity index (χ3n) is 4.10. The summed E-state index contributed by atoms with van der Waals surface area (Å²) in [5.74, 6) is 0. The summed E-state index contributed by atoms with van der Waals surface area (Å²) in [6.07, 6.45) is 7.12. The van der Waals surface area contributed by atoms with E-state index in [2.05, 4.69) is 40.3 Å². The molecule has 102 valence electrons. The Kier molecular flexibility index (Phi) is 3.85. The summed E-state index contributed by atoms with van der Waals surface area (Å²) < 4.78 is 0. The highest BCUT2D eigenvalue weighted by Crippen LogP contribution is 2.19. The van der Waals surface area contributed by atoms with Crippen LogP contribution in [0.4, 0.5) is 0 Å². The zero-order valence-electron chi connectivity index (χ0n) is 11.4. The highest BCUT2D eigenvalue weighted by molar-refractivity contribution is 5.83. The molecule has 2 aromatic rings. The number of aromatic nitrogens is 1. The van der Waals surface area contributed by atoms with Crippen molar-refractivity contribution >= 4 is 10.9 Å². The maximum Gasteiger partial charge on any atom is 0.0456 e. The summed E-state index contributed by atoms with van der Waals surface area (Å²) in [5, 5.41) is 1.32. The van der Waals surface area contributed by atoms with Crippen LogP contribution in [0.2, 0.25) is 0 Å². The highest BCUT2D eigenvalue weighted by Gasteiger charge is 2.15. The second-order valence-corrected chi connectivity index (χ2v) is 5.68. The van der Waals surface area contributed by atoms with E-state index in [0.29, 0.717) is 0 Å². The van der Waals surface area contributed by atoms with Gasteiger partial charge in [-0.3, -0.25) is 0 Å². The van der Waals surface area contributed by atoms with E-state index in [9.17, 15) is 0 Å². The minimum atomic E-state index is 0.234. The van der Waals surface area contributed by atoms with Gasteiger partial charge >= 0.3 is 0 Å². The number of benzene rings is 1. The molecule has 1 fully saturated rings. The molecule has 19 heavy (non-hydrogen) atoms. The van der Waals surface area contributed by atoms with Crippen molar-refractivity contribution in [2.75, 3.05) is 19.6 Å². The summed E-state index contributed by atoms with van der Waals surface area (Å²) in [6, 6.07) is 8.69. The number of H-pyrrole nitrogens is 1. The quantitative estimate of drug-likeness (QED) is 0.884. The molecule has 0 aliphatic carbocycles. The molecule has 3 heteroatoms. The average molecular weight is 257 g/mol. The first-order valence-corrected chi connectivity index (χ1v) is 7.36. The number of rotatable bonds is 4. The van der Waals surface area contributed by atoms with Crippen LogP contribution in [0.1, 0.15) is 24.8 Å². The Morgan fingerprint density at radius 3 is 2.79 bits per heavy atom. The lowest BCUT2D eigenvalue weighted by Gasteiger charge is -2.28. The lowest BCUT2D eigenvalue weighted by atomic mass is 10.0. The van der Waals surface area contributed by atoms with Crippen LogP contribution in [-0.2, 0) is 6.42 Å². The molecule has 1 saturated heterocycles. The number of nitrogens with two attached hydrogens (primary N) is 1. The number of nitrogens with zero attached hydrogens (tertiary/aromatic N) is 1. The summed E-state index contributed by atoms with van der Waals surface area (Å²) in [7, 11) is 0. The van der Waals surface area contributed by atoms with E-state index in [-0.39, 0.29) is 6.04 Å². The molecule has 3 rings (SSSR count). The van der Waals surface area contributed by atoms with Crippen molar-refractivity contribution < 1.29 is 0 Å². The molecule has 2 heterocycles. The first-order valence-electron chi connectivity index (χ1n) is 7.36. The second-order valence-electron chi connectivity index (χ2n) is 5.68. The lowest BCUT2D eigenvalue weighted by molar-refractivity contribution is 0.215. The van der Waals surface area contributed by atoms with Crippen molar-refractivity contribution in [1.29, 1.82) is 0 Å². The highest BCUT2D eigenvalue weighted by atomic mass is 15.1. The fourth-order valence-electron chi connectivity index (χ4n) is 3.12. The van der Waals surface area contributed by atoms with Crippen molar-refractivity contribution in [3.05, 3.63) is 36.0 Å². The van der Waals surface area contributed by atoms with Crippen molar-refractivity contribution in [3.63, 3.8) is 0 Å². The van der Waals surface area contributed by atoms with Gasteiger partial charge in [0.15, 0.2) is 0 Å². The van der Waals surface area contributed by atoms with E-state index < -0.39 is 0 Å². The topological polar surface area (TPSA) is 45.1 Å². The van der Waals surface area contributed by atoms with Crippen molar-refractivity contribution in [2.45, 2.75) is 31.7 Å². The Morgan fingerprint density at radius 2 is 1.95 bits per heavy atom. The lowest BCUT2D eigenvalue weighted by Crippen LogP contribution is -2.41. The Hall–Kier alpha value is -1.32. The molecule has 0 saturated carbocycles. The van der Waals surface area contributed by atoms with Crippen molar-refractivity contribution in [2.24, 2.45) is 5.73 Å². The van der Waals surface area contributed by atoms with Crippen LogP contribution >= 0.6 is 0 Å². The van der Waals surface area contributed by atoms with Gasteiger partial charge in [-0.15, -0.1) is 0 Å². The van der Waals surface area contributed by atoms with Crippen LogP contribution in [0.3, 0.4) is 0 Å². The monoisotopic (exact) mass is 257 g/mol. The molecular weight excluding hydrogens is 234 g/mol. The molecule has 0 radical (unpaired) electrons. The van der Waals surface area contributed by atoms with Gasteiger partial charge in [0.1, 0.15) is 0 Å². The van der Waals surface area contributed by atoms with Crippen LogP contribution < -0.4 is 5.73 Å². The number of aromatic amines is 1. The van der Waals surface area contributed by atoms with Gasteiger partial charge in [0.25, 0.3) is 0 Å². The second kappa shape index (κ2) is 5.76. The molecule has 3 N–H and O–H groups in total. The Bertz CT molecular complexity index is 526. The van der Waals surface area contributed by atoms with Crippen molar-refractivity contribution in [3.8, 4) is 0 Å². The van der Waals surface area contributed by atoms with E-state index in [1.54, 1.807) is 0 Å². The summed E-state index contributed by atoms with van der Waals surface area (Å²) in [6.45, 7) is 3.47. The summed E-state index contributed by atoms with van der Waals surface area (Å²) in [4.78, 5) is 5.84. The van der Waals surface area contributed by atoms with Gasteiger partial charge in [-0.05, 0) is 44.0 Å². The summed E-state index contributed by atoms with van der Waals surface area (Å²) in [5.41, 5.74) is 8.89. The number of likely N-dealkylation sites (tertiary alicyclic amines) is 1. The van der Waals surface area contributed by atoms with Gasteiger partial charge in [-0.1, -0.05) is 24.6 Å². The Labute approximate surface area is 114 Å².